The summed E-state index contributed by atoms with van der Waals surface area (Å²) in [5.74, 6) is 0.229. The smallest absolute Gasteiger partial charge is 0.126 e. The molecule has 0 bridgehead atoms. The fourth-order valence-electron chi connectivity index (χ4n) is 3.72. The highest BCUT2D eigenvalue weighted by Crippen LogP contribution is 2.33. The molecule has 35 heavy (non-hydrogen) atoms. The number of hydrogen-bond donors (Lipinski definition) is 6. The number of aliphatic hydroxyl groups is 2. The fourth-order valence-corrected chi connectivity index (χ4v) is 3.72. The Morgan fingerprint density at radius 3 is 1.77 bits per heavy atom. The van der Waals surface area contributed by atoms with Crippen LogP contribution in [0, 0.1) is 10.8 Å². The Labute approximate surface area is 208 Å². The summed E-state index contributed by atoms with van der Waals surface area (Å²) in [5.41, 5.74) is 1.64. The van der Waals surface area contributed by atoms with Gasteiger partial charge in [0.25, 0.3) is 0 Å². The van der Waals surface area contributed by atoms with Crippen LogP contribution in [0.15, 0.2) is 36.4 Å². The van der Waals surface area contributed by atoms with Crippen LogP contribution in [0.5, 0.6) is 23.0 Å². The molecule has 0 saturated carbocycles. The molecule has 0 heterocycles. The first kappa shape index (κ1) is 28.3. The normalized spacial score (nSPS) is 12.7. The van der Waals surface area contributed by atoms with Crippen LogP contribution in [-0.4, -0.2) is 43.9 Å². The molecule has 6 heteroatoms. The van der Waals surface area contributed by atoms with E-state index in [1.54, 1.807) is 24.3 Å². The molecule has 0 radical (unpaired) electrons. The molecule has 2 aromatic rings. The van der Waals surface area contributed by atoms with E-state index in [4.69, 9.17) is 0 Å². The van der Waals surface area contributed by atoms with Gasteiger partial charge in [0.15, 0.2) is 0 Å². The molecule has 192 valence electrons. The molecule has 6 N–H and O–H groups in total. The van der Waals surface area contributed by atoms with Gasteiger partial charge in [-0.25, -0.2) is 0 Å². The molecule has 0 spiro atoms. The highest BCUT2D eigenvalue weighted by molar-refractivity contribution is 5.64. The first-order valence-corrected chi connectivity index (χ1v) is 12.0. The van der Waals surface area contributed by atoms with E-state index in [9.17, 15) is 30.6 Å². The van der Waals surface area contributed by atoms with Gasteiger partial charge in [0.05, 0.1) is 0 Å². The standard InChI is InChI=1S/C29H40O6/c1-28(2,18-30)12-6-10-22-16-24(32)14-20(26(22)34)8-5-9-21-15-25(33)17-23(27(21)35)11-7-13-29(3,4)19-31/h5-6,9-10,14-17,30-35H,7-8,11-13,18-19H2,1-4H3. The Morgan fingerprint density at radius 1 is 0.686 bits per heavy atom. The molecule has 0 atom stereocenters. The topological polar surface area (TPSA) is 121 Å². The lowest BCUT2D eigenvalue weighted by atomic mass is 9.87. The van der Waals surface area contributed by atoms with Crippen molar-refractivity contribution in [1.29, 1.82) is 0 Å². The minimum atomic E-state index is -0.272. The van der Waals surface area contributed by atoms with E-state index in [0.29, 0.717) is 41.5 Å². The number of aryl methyl sites for hydroxylation is 1. The van der Waals surface area contributed by atoms with Crippen LogP contribution in [-0.2, 0) is 12.8 Å². The van der Waals surface area contributed by atoms with Crippen molar-refractivity contribution >= 4 is 12.2 Å². The Balaban J connectivity index is 2.16. The minimum absolute atomic E-state index is 0.0283. The second-order valence-electron chi connectivity index (χ2n) is 10.8. The summed E-state index contributed by atoms with van der Waals surface area (Å²) < 4.78 is 0. The van der Waals surface area contributed by atoms with Gasteiger partial charge in [-0.15, -0.1) is 0 Å². The molecule has 0 amide bonds. The Morgan fingerprint density at radius 2 is 1.20 bits per heavy atom. The molecule has 0 saturated heterocycles. The number of aromatic hydroxyl groups is 4. The average molecular weight is 485 g/mol. The molecular formula is C29H40O6. The van der Waals surface area contributed by atoms with Crippen molar-refractivity contribution in [3.8, 4) is 23.0 Å². The Hall–Kier alpha value is -2.96. The molecule has 0 fully saturated rings. The monoisotopic (exact) mass is 484 g/mol. The van der Waals surface area contributed by atoms with E-state index in [0.717, 1.165) is 12.8 Å². The molecule has 0 unspecified atom stereocenters. The molecule has 0 aliphatic heterocycles. The first-order valence-electron chi connectivity index (χ1n) is 12.0. The summed E-state index contributed by atoms with van der Waals surface area (Å²) >= 11 is 0. The van der Waals surface area contributed by atoms with Crippen molar-refractivity contribution < 1.29 is 30.6 Å². The number of aliphatic hydroxyl groups excluding tert-OH is 2. The Kier molecular flexibility index (Phi) is 9.81. The van der Waals surface area contributed by atoms with Gasteiger partial charge in [0, 0.05) is 29.9 Å². The summed E-state index contributed by atoms with van der Waals surface area (Å²) in [4.78, 5) is 0. The van der Waals surface area contributed by atoms with Gasteiger partial charge < -0.3 is 30.6 Å². The Bertz CT molecular complexity index is 1050. The van der Waals surface area contributed by atoms with Gasteiger partial charge in [-0.05, 0) is 72.8 Å². The fraction of sp³-hybridized carbons (Fsp3) is 0.448. The quantitative estimate of drug-likeness (QED) is 0.220. The van der Waals surface area contributed by atoms with E-state index in [1.165, 1.54) is 18.2 Å². The first-order chi connectivity index (χ1) is 16.4. The second-order valence-corrected chi connectivity index (χ2v) is 10.8. The van der Waals surface area contributed by atoms with Crippen molar-refractivity contribution in [2.24, 2.45) is 10.8 Å². The molecule has 6 nitrogen and oxygen atoms in total. The van der Waals surface area contributed by atoms with Crippen LogP contribution in [0.3, 0.4) is 0 Å². The molecule has 0 aromatic heterocycles. The number of benzene rings is 2. The third kappa shape index (κ3) is 8.64. The minimum Gasteiger partial charge on any atom is -0.508 e. The van der Waals surface area contributed by atoms with E-state index in [-0.39, 0.29) is 47.0 Å². The number of phenols is 4. The molecule has 2 rings (SSSR count). The lowest BCUT2D eigenvalue weighted by molar-refractivity contribution is 0.148. The molecule has 2 aromatic carbocycles. The lowest BCUT2D eigenvalue weighted by Crippen LogP contribution is -2.16. The van der Waals surface area contributed by atoms with E-state index < -0.39 is 0 Å². The summed E-state index contributed by atoms with van der Waals surface area (Å²) in [6.45, 7) is 7.98. The number of phenolic OH excluding ortho intramolecular Hbond substituents is 4. The van der Waals surface area contributed by atoms with Gasteiger partial charge >= 0.3 is 0 Å². The predicted molar refractivity (Wildman–Crippen MR) is 141 cm³/mol. The van der Waals surface area contributed by atoms with Gasteiger partial charge in [0.1, 0.15) is 23.0 Å². The van der Waals surface area contributed by atoms with Crippen LogP contribution in [0.4, 0.5) is 0 Å². The van der Waals surface area contributed by atoms with Crippen LogP contribution in [0.2, 0.25) is 0 Å². The lowest BCUT2D eigenvalue weighted by Gasteiger charge is -2.21. The van der Waals surface area contributed by atoms with Gasteiger partial charge in [-0.1, -0.05) is 52.0 Å². The number of allylic oxidation sites excluding steroid dienone is 2. The zero-order chi connectivity index (χ0) is 26.2. The highest BCUT2D eigenvalue weighted by atomic mass is 16.3. The number of rotatable bonds is 12. The van der Waals surface area contributed by atoms with Crippen LogP contribution < -0.4 is 0 Å². The van der Waals surface area contributed by atoms with Crippen LogP contribution in [0.1, 0.15) is 69.2 Å². The molecular weight excluding hydrogens is 444 g/mol. The van der Waals surface area contributed by atoms with E-state index >= 15 is 0 Å². The summed E-state index contributed by atoms with van der Waals surface area (Å²) in [5, 5.41) is 60.4. The average Bonchev–Trinajstić information content (AvgIpc) is 2.79. The predicted octanol–water partition coefficient (Wildman–Crippen LogP) is 5.53. The third-order valence-corrected chi connectivity index (χ3v) is 6.16. The maximum absolute atomic E-state index is 10.7. The summed E-state index contributed by atoms with van der Waals surface area (Å²) in [7, 11) is 0. The van der Waals surface area contributed by atoms with Gasteiger partial charge in [-0.2, -0.15) is 0 Å². The van der Waals surface area contributed by atoms with Crippen molar-refractivity contribution in [2.45, 2.75) is 59.8 Å². The zero-order valence-electron chi connectivity index (χ0n) is 21.3. The van der Waals surface area contributed by atoms with Crippen molar-refractivity contribution in [1.82, 2.24) is 0 Å². The molecule has 0 aliphatic carbocycles. The van der Waals surface area contributed by atoms with E-state index in [2.05, 4.69) is 0 Å². The van der Waals surface area contributed by atoms with Gasteiger partial charge in [-0.3, -0.25) is 0 Å². The highest BCUT2D eigenvalue weighted by Gasteiger charge is 2.17. The second kappa shape index (κ2) is 12.1. The van der Waals surface area contributed by atoms with Crippen molar-refractivity contribution in [2.75, 3.05) is 13.2 Å². The maximum atomic E-state index is 10.7. The zero-order valence-corrected chi connectivity index (χ0v) is 21.3. The summed E-state index contributed by atoms with van der Waals surface area (Å²) in [6, 6.07) is 6.00. The van der Waals surface area contributed by atoms with Crippen molar-refractivity contribution in [3.05, 3.63) is 58.7 Å². The third-order valence-electron chi connectivity index (χ3n) is 6.16. The largest absolute Gasteiger partial charge is 0.508 e. The van der Waals surface area contributed by atoms with Crippen molar-refractivity contribution in [3.63, 3.8) is 0 Å². The van der Waals surface area contributed by atoms with Crippen LogP contribution >= 0.6 is 0 Å². The molecule has 0 aliphatic rings. The maximum Gasteiger partial charge on any atom is 0.126 e. The van der Waals surface area contributed by atoms with E-state index in [1.807, 2.05) is 33.8 Å². The summed E-state index contributed by atoms with van der Waals surface area (Å²) in [6.07, 6.45) is 10.1. The van der Waals surface area contributed by atoms with Gasteiger partial charge in [0.2, 0.25) is 0 Å². The number of hydrogen-bond acceptors (Lipinski definition) is 6. The van der Waals surface area contributed by atoms with Crippen LogP contribution in [0.25, 0.3) is 12.2 Å². The SMILES string of the molecule is CC(C)(CO)CC=Cc1cc(O)cc(CC=Cc2cc(O)cc(CCCC(C)(C)CO)c2O)c1O.